The monoisotopic (exact) mass is 386 g/mol. The van der Waals surface area contributed by atoms with Crippen molar-refractivity contribution in [3.63, 3.8) is 0 Å². The number of benzene rings is 4. The van der Waals surface area contributed by atoms with Gasteiger partial charge in [0.25, 0.3) is 0 Å². The molecule has 0 aromatic heterocycles. The van der Waals surface area contributed by atoms with Gasteiger partial charge in [-0.2, -0.15) is 0 Å². The van der Waals surface area contributed by atoms with Crippen molar-refractivity contribution in [3.05, 3.63) is 84.9 Å². The summed E-state index contributed by atoms with van der Waals surface area (Å²) in [5, 5.41) is 4.75. The van der Waals surface area contributed by atoms with Crippen molar-refractivity contribution in [3.8, 4) is 11.5 Å². The third kappa shape index (κ3) is 4.69. The first-order chi connectivity index (χ1) is 14.1. The van der Waals surface area contributed by atoms with Gasteiger partial charge < -0.3 is 14.0 Å². The summed E-state index contributed by atoms with van der Waals surface area (Å²) in [5.41, 5.74) is 0. The van der Waals surface area contributed by atoms with Crippen LogP contribution < -0.4 is 9.47 Å². The molecule has 0 bridgehead atoms. The van der Waals surface area contributed by atoms with Gasteiger partial charge in [0, 0.05) is 10.8 Å². The van der Waals surface area contributed by atoms with E-state index in [-0.39, 0.29) is 0 Å². The molecule has 0 amide bonds. The van der Waals surface area contributed by atoms with E-state index in [1.165, 1.54) is 21.5 Å². The van der Waals surface area contributed by atoms with Gasteiger partial charge in [0.05, 0.1) is 14.1 Å². The van der Waals surface area contributed by atoms with E-state index in [4.69, 9.17) is 9.47 Å². The van der Waals surface area contributed by atoms with Crippen LogP contribution in [0.2, 0.25) is 0 Å². The number of likely N-dealkylation sites (N-methyl/N-ethyl adjacent to an activating group) is 1. The van der Waals surface area contributed by atoms with Crippen molar-refractivity contribution in [1.29, 1.82) is 0 Å². The number of hydrogen-bond acceptors (Lipinski definition) is 2. The van der Waals surface area contributed by atoms with Crippen LogP contribution in [-0.2, 0) is 0 Å². The zero-order valence-electron chi connectivity index (χ0n) is 17.2. The number of hydrogen-bond donors (Lipinski definition) is 0. The molecule has 0 N–H and O–H groups in total. The van der Waals surface area contributed by atoms with Crippen LogP contribution in [0.15, 0.2) is 84.9 Å². The van der Waals surface area contributed by atoms with Gasteiger partial charge in [-0.25, -0.2) is 0 Å². The molecule has 0 aliphatic heterocycles. The van der Waals surface area contributed by atoms with Crippen molar-refractivity contribution in [2.45, 2.75) is 0 Å². The Morgan fingerprint density at radius 3 is 1.45 bits per heavy atom. The Labute approximate surface area is 172 Å². The largest absolute Gasteiger partial charge is 0.487 e. The highest BCUT2D eigenvalue weighted by Gasteiger charge is 2.16. The molecule has 148 valence electrons. The van der Waals surface area contributed by atoms with Crippen molar-refractivity contribution >= 4 is 21.5 Å². The normalized spacial score (nSPS) is 11.7. The molecule has 4 rings (SSSR count). The van der Waals surface area contributed by atoms with Crippen LogP contribution in [0, 0.1) is 0 Å². The second-order valence-corrected chi connectivity index (χ2v) is 8.03. The highest BCUT2D eigenvalue weighted by atomic mass is 16.5. The van der Waals surface area contributed by atoms with E-state index in [0.717, 1.165) is 29.1 Å². The van der Waals surface area contributed by atoms with E-state index in [0.29, 0.717) is 13.2 Å². The van der Waals surface area contributed by atoms with E-state index in [9.17, 15) is 0 Å². The van der Waals surface area contributed by atoms with Crippen LogP contribution in [0.5, 0.6) is 11.5 Å². The molecule has 0 atom stereocenters. The van der Waals surface area contributed by atoms with Crippen molar-refractivity contribution in [2.24, 2.45) is 0 Å². The Hall–Kier alpha value is -3.04. The fraction of sp³-hybridized carbons (Fsp3) is 0.231. The maximum absolute atomic E-state index is 6.12. The Bertz CT molecular complexity index is 1010. The molecule has 3 nitrogen and oxygen atoms in total. The van der Waals surface area contributed by atoms with Crippen LogP contribution in [0.3, 0.4) is 0 Å². The first kappa shape index (κ1) is 19.3. The number of quaternary nitrogens is 1. The lowest BCUT2D eigenvalue weighted by Gasteiger charge is -2.29. The summed E-state index contributed by atoms with van der Waals surface area (Å²) in [4.78, 5) is 0. The first-order valence-corrected chi connectivity index (χ1v) is 10.2. The van der Waals surface area contributed by atoms with E-state index in [1.54, 1.807) is 0 Å². The minimum atomic E-state index is 0.676. The standard InChI is InChI=1S/C26H28NO2/c1-27(2,17-19-28-25-15-7-11-21-9-3-5-13-23(21)25)18-20-29-26-16-8-12-22-10-4-6-14-24(22)26/h3-16H,17-20H2,1-2H3/q+1. The van der Waals surface area contributed by atoms with E-state index < -0.39 is 0 Å². The quantitative estimate of drug-likeness (QED) is 0.371. The minimum absolute atomic E-state index is 0.676. The van der Waals surface area contributed by atoms with Gasteiger partial charge in [-0.15, -0.1) is 0 Å². The summed E-state index contributed by atoms with van der Waals surface area (Å²) >= 11 is 0. The Balaban J connectivity index is 1.31. The summed E-state index contributed by atoms with van der Waals surface area (Å²) in [7, 11) is 4.44. The Kier molecular flexibility index (Phi) is 5.68. The number of nitrogens with zero attached hydrogens (tertiary/aromatic N) is 1. The molecule has 3 heteroatoms. The van der Waals surface area contributed by atoms with Gasteiger partial charge in [0.2, 0.25) is 0 Å². The van der Waals surface area contributed by atoms with Crippen molar-refractivity contribution in [1.82, 2.24) is 0 Å². The molecule has 4 aromatic rings. The van der Waals surface area contributed by atoms with Crippen LogP contribution in [-0.4, -0.2) is 44.9 Å². The highest BCUT2D eigenvalue weighted by molar-refractivity contribution is 5.88. The fourth-order valence-corrected chi connectivity index (χ4v) is 3.56. The second kappa shape index (κ2) is 8.54. The van der Waals surface area contributed by atoms with Crippen LogP contribution >= 0.6 is 0 Å². The molecule has 0 fully saturated rings. The highest BCUT2D eigenvalue weighted by Crippen LogP contribution is 2.26. The SMILES string of the molecule is C[N+](C)(CCOc1cccc2ccccc12)CCOc1cccc2ccccc12. The summed E-state index contributed by atoms with van der Waals surface area (Å²) in [5.74, 6) is 1.91. The van der Waals surface area contributed by atoms with Crippen molar-refractivity contribution in [2.75, 3.05) is 40.4 Å². The molecule has 0 saturated heterocycles. The smallest absolute Gasteiger partial charge is 0.137 e. The molecule has 0 spiro atoms. The average Bonchev–Trinajstić information content (AvgIpc) is 2.74. The molecular formula is C26H28NO2+. The van der Waals surface area contributed by atoms with Gasteiger partial charge in [0.15, 0.2) is 0 Å². The molecular weight excluding hydrogens is 358 g/mol. The number of fused-ring (bicyclic) bond motifs is 2. The fourth-order valence-electron chi connectivity index (χ4n) is 3.56. The molecule has 4 aromatic carbocycles. The molecule has 0 heterocycles. The zero-order chi connectivity index (χ0) is 20.1. The van der Waals surface area contributed by atoms with Crippen LogP contribution in [0.1, 0.15) is 0 Å². The maximum Gasteiger partial charge on any atom is 0.137 e. The first-order valence-electron chi connectivity index (χ1n) is 10.2. The topological polar surface area (TPSA) is 18.5 Å². The zero-order valence-corrected chi connectivity index (χ0v) is 17.2. The van der Waals surface area contributed by atoms with Crippen LogP contribution in [0.4, 0.5) is 0 Å². The average molecular weight is 387 g/mol. The molecule has 0 saturated carbocycles. The number of rotatable bonds is 8. The molecule has 29 heavy (non-hydrogen) atoms. The Morgan fingerprint density at radius 2 is 0.966 bits per heavy atom. The summed E-state index contributed by atoms with van der Waals surface area (Å²) in [6.45, 7) is 3.19. The van der Waals surface area contributed by atoms with Gasteiger partial charge >= 0.3 is 0 Å². The minimum Gasteiger partial charge on any atom is -0.487 e. The third-order valence-corrected chi connectivity index (χ3v) is 5.41. The van der Waals surface area contributed by atoms with E-state index in [2.05, 4.69) is 86.9 Å². The molecule has 0 aliphatic carbocycles. The van der Waals surface area contributed by atoms with Gasteiger partial charge in [-0.1, -0.05) is 72.8 Å². The lowest BCUT2D eigenvalue weighted by Crippen LogP contribution is -2.45. The molecule has 0 unspecified atom stereocenters. The summed E-state index contributed by atoms with van der Waals surface area (Å²) in [6, 6.07) is 29.1. The Morgan fingerprint density at radius 1 is 0.552 bits per heavy atom. The van der Waals surface area contributed by atoms with Gasteiger partial charge in [0.1, 0.15) is 37.8 Å². The van der Waals surface area contributed by atoms with Crippen molar-refractivity contribution < 1.29 is 14.0 Å². The molecule has 0 radical (unpaired) electrons. The third-order valence-electron chi connectivity index (χ3n) is 5.41. The predicted octanol–water partition coefficient (Wildman–Crippen LogP) is 5.53. The van der Waals surface area contributed by atoms with Gasteiger partial charge in [-0.3, -0.25) is 0 Å². The maximum atomic E-state index is 6.12. The lowest BCUT2D eigenvalue weighted by atomic mass is 10.1. The predicted molar refractivity (Wildman–Crippen MR) is 121 cm³/mol. The summed E-state index contributed by atoms with van der Waals surface area (Å²) < 4.78 is 13.1. The van der Waals surface area contributed by atoms with E-state index in [1.807, 2.05) is 12.1 Å². The second-order valence-electron chi connectivity index (χ2n) is 8.03. The lowest BCUT2D eigenvalue weighted by molar-refractivity contribution is -0.890. The van der Waals surface area contributed by atoms with E-state index >= 15 is 0 Å². The van der Waals surface area contributed by atoms with Gasteiger partial charge in [-0.05, 0) is 22.9 Å². The summed E-state index contributed by atoms with van der Waals surface area (Å²) in [6.07, 6.45) is 0. The number of ether oxygens (including phenoxy) is 2. The van der Waals surface area contributed by atoms with Crippen LogP contribution in [0.25, 0.3) is 21.5 Å². The molecule has 0 aliphatic rings.